The molecule has 2 rings (SSSR count). The minimum absolute atomic E-state index is 0.118. The molecule has 8 heteroatoms. The van der Waals surface area contributed by atoms with Gasteiger partial charge in [0.05, 0.1) is 17.6 Å². The Morgan fingerprint density at radius 3 is 2.87 bits per heavy atom. The van der Waals surface area contributed by atoms with E-state index < -0.39 is 0 Å². The molecule has 0 atom stereocenters. The van der Waals surface area contributed by atoms with Crippen LogP contribution < -0.4 is 5.32 Å². The van der Waals surface area contributed by atoms with Crippen LogP contribution >= 0.6 is 34.7 Å². The average molecular weight is 262 g/mol. The number of aromatic nitrogens is 4. The van der Waals surface area contributed by atoms with Gasteiger partial charge in [-0.25, -0.2) is 9.97 Å². The van der Waals surface area contributed by atoms with Crippen LogP contribution in [0.2, 0.25) is 10.4 Å². The highest BCUT2D eigenvalue weighted by Crippen LogP contribution is 2.15. The fraction of sp³-hybridized carbons (Fsp3) is 0.143. The summed E-state index contributed by atoms with van der Waals surface area (Å²) in [7, 11) is 0. The van der Waals surface area contributed by atoms with Gasteiger partial charge in [-0.3, -0.25) is 0 Å². The van der Waals surface area contributed by atoms with E-state index in [1.165, 1.54) is 11.5 Å². The van der Waals surface area contributed by atoms with Crippen molar-refractivity contribution in [2.24, 2.45) is 0 Å². The molecule has 2 aromatic heterocycles. The quantitative estimate of drug-likeness (QED) is 0.678. The van der Waals surface area contributed by atoms with Crippen LogP contribution in [0, 0.1) is 0 Å². The predicted molar refractivity (Wildman–Crippen MR) is 59.3 cm³/mol. The fourth-order valence-electron chi connectivity index (χ4n) is 0.924. The molecule has 78 valence electrons. The SMILES string of the molecule is Clc1cc(NCc2cnns2)nc(Cl)n1. The summed E-state index contributed by atoms with van der Waals surface area (Å²) in [4.78, 5) is 8.69. The molecule has 0 fully saturated rings. The zero-order chi connectivity index (χ0) is 10.7. The van der Waals surface area contributed by atoms with Crippen LogP contribution in [0.25, 0.3) is 0 Å². The summed E-state index contributed by atoms with van der Waals surface area (Å²) in [5, 5.41) is 7.18. The van der Waals surface area contributed by atoms with E-state index in [0.717, 1.165) is 4.88 Å². The van der Waals surface area contributed by atoms with Gasteiger partial charge in [0.15, 0.2) is 0 Å². The molecule has 5 nitrogen and oxygen atoms in total. The van der Waals surface area contributed by atoms with E-state index in [-0.39, 0.29) is 5.28 Å². The van der Waals surface area contributed by atoms with E-state index in [1.54, 1.807) is 12.3 Å². The second-order valence-corrected chi connectivity index (χ2v) is 4.18. The molecule has 0 aliphatic heterocycles. The molecule has 15 heavy (non-hydrogen) atoms. The van der Waals surface area contributed by atoms with Crippen molar-refractivity contribution in [1.29, 1.82) is 0 Å². The molecule has 0 bridgehead atoms. The lowest BCUT2D eigenvalue weighted by atomic mass is 10.5. The maximum atomic E-state index is 5.71. The Bertz CT molecular complexity index is 426. The van der Waals surface area contributed by atoms with E-state index in [1.807, 2.05) is 0 Å². The summed E-state index contributed by atoms with van der Waals surface area (Å²) in [6, 6.07) is 1.60. The van der Waals surface area contributed by atoms with Gasteiger partial charge >= 0.3 is 0 Å². The molecule has 0 spiro atoms. The van der Waals surface area contributed by atoms with Crippen molar-refractivity contribution in [1.82, 2.24) is 19.6 Å². The third-order valence-corrected chi connectivity index (χ3v) is 2.54. The highest BCUT2D eigenvalue weighted by Gasteiger charge is 2.01. The molecule has 0 saturated carbocycles. The summed E-state index contributed by atoms with van der Waals surface area (Å²) in [6.07, 6.45) is 1.68. The number of halogens is 2. The molecular formula is C7H5Cl2N5S. The third kappa shape index (κ3) is 2.98. The standard InChI is InChI=1S/C7H5Cl2N5S/c8-5-1-6(13-7(9)12-5)10-2-4-3-11-14-15-4/h1,3H,2H2,(H,10,12,13). The maximum absolute atomic E-state index is 5.71. The Kier molecular flexibility index (Phi) is 3.30. The van der Waals surface area contributed by atoms with Crippen molar-refractivity contribution in [3.05, 3.63) is 27.6 Å². The van der Waals surface area contributed by atoms with Crippen molar-refractivity contribution < 1.29 is 0 Å². The van der Waals surface area contributed by atoms with Crippen LogP contribution in [0.15, 0.2) is 12.3 Å². The Hall–Kier alpha value is -0.980. The van der Waals surface area contributed by atoms with Gasteiger partial charge in [0, 0.05) is 6.07 Å². The van der Waals surface area contributed by atoms with Gasteiger partial charge < -0.3 is 5.32 Å². The summed E-state index contributed by atoms with van der Waals surface area (Å²) in [5.74, 6) is 0.577. The Balaban J connectivity index is 2.05. The zero-order valence-electron chi connectivity index (χ0n) is 7.31. The summed E-state index contributed by atoms with van der Waals surface area (Å²) in [6.45, 7) is 0.585. The molecule has 0 amide bonds. The smallest absolute Gasteiger partial charge is 0.225 e. The normalized spacial score (nSPS) is 10.3. The van der Waals surface area contributed by atoms with E-state index in [0.29, 0.717) is 17.5 Å². The highest BCUT2D eigenvalue weighted by atomic mass is 35.5. The van der Waals surface area contributed by atoms with E-state index in [9.17, 15) is 0 Å². The van der Waals surface area contributed by atoms with Crippen molar-refractivity contribution in [3.8, 4) is 0 Å². The van der Waals surface area contributed by atoms with Crippen LogP contribution in [0.3, 0.4) is 0 Å². The third-order valence-electron chi connectivity index (χ3n) is 1.52. The monoisotopic (exact) mass is 261 g/mol. The van der Waals surface area contributed by atoms with E-state index in [4.69, 9.17) is 23.2 Å². The molecule has 0 aliphatic rings. The largest absolute Gasteiger partial charge is 0.365 e. The number of anilines is 1. The van der Waals surface area contributed by atoms with Crippen molar-refractivity contribution in [2.45, 2.75) is 6.54 Å². The van der Waals surface area contributed by atoms with Crippen molar-refractivity contribution in [2.75, 3.05) is 5.32 Å². The van der Waals surface area contributed by atoms with Gasteiger partial charge in [-0.15, -0.1) is 5.10 Å². The van der Waals surface area contributed by atoms with Gasteiger partial charge in [-0.05, 0) is 23.1 Å². The van der Waals surface area contributed by atoms with Crippen LogP contribution in [0.5, 0.6) is 0 Å². The molecule has 0 saturated heterocycles. The Labute approximate surface area is 99.6 Å². The van der Waals surface area contributed by atoms with Crippen molar-refractivity contribution >= 4 is 40.6 Å². The minimum atomic E-state index is 0.118. The average Bonchev–Trinajstić information content (AvgIpc) is 2.65. The second kappa shape index (κ2) is 4.69. The van der Waals surface area contributed by atoms with Gasteiger partial charge in [0.1, 0.15) is 11.0 Å². The summed E-state index contributed by atoms with van der Waals surface area (Å²) in [5.41, 5.74) is 0. The molecule has 0 aliphatic carbocycles. The second-order valence-electron chi connectivity index (χ2n) is 2.58. The zero-order valence-corrected chi connectivity index (χ0v) is 9.64. The lowest BCUT2D eigenvalue weighted by Crippen LogP contribution is -2.00. The Morgan fingerprint density at radius 2 is 2.20 bits per heavy atom. The lowest BCUT2D eigenvalue weighted by molar-refractivity contribution is 1.08. The first-order valence-electron chi connectivity index (χ1n) is 3.94. The summed E-state index contributed by atoms with van der Waals surface area (Å²) >= 11 is 12.7. The lowest BCUT2D eigenvalue weighted by Gasteiger charge is -2.03. The first kappa shape index (κ1) is 10.5. The molecule has 1 N–H and O–H groups in total. The number of hydrogen-bond donors (Lipinski definition) is 1. The molecule has 0 aromatic carbocycles. The van der Waals surface area contributed by atoms with Gasteiger partial charge in [-0.2, -0.15) is 0 Å². The van der Waals surface area contributed by atoms with Crippen LogP contribution in [-0.2, 0) is 6.54 Å². The number of hydrogen-bond acceptors (Lipinski definition) is 6. The van der Waals surface area contributed by atoms with Gasteiger partial charge in [0.2, 0.25) is 5.28 Å². The van der Waals surface area contributed by atoms with E-state index >= 15 is 0 Å². The Morgan fingerprint density at radius 1 is 1.33 bits per heavy atom. The van der Waals surface area contributed by atoms with Crippen LogP contribution in [0.4, 0.5) is 5.82 Å². The first-order valence-corrected chi connectivity index (χ1v) is 5.47. The van der Waals surface area contributed by atoms with E-state index in [2.05, 4.69) is 24.9 Å². The minimum Gasteiger partial charge on any atom is -0.365 e. The molecule has 2 aromatic rings. The fourth-order valence-corrected chi connectivity index (χ4v) is 1.76. The van der Waals surface area contributed by atoms with Gasteiger partial charge in [0.25, 0.3) is 0 Å². The predicted octanol–water partition coefficient (Wildman–Crippen LogP) is 2.25. The molecule has 0 radical (unpaired) electrons. The van der Waals surface area contributed by atoms with Crippen LogP contribution in [-0.4, -0.2) is 19.6 Å². The summed E-state index contributed by atoms with van der Waals surface area (Å²) < 4.78 is 3.74. The number of nitrogens with zero attached hydrogens (tertiary/aromatic N) is 4. The molecular weight excluding hydrogens is 257 g/mol. The number of nitrogens with one attached hydrogen (secondary N) is 1. The molecule has 2 heterocycles. The van der Waals surface area contributed by atoms with Crippen molar-refractivity contribution in [3.63, 3.8) is 0 Å². The number of rotatable bonds is 3. The topological polar surface area (TPSA) is 63.6 Å². The first-order chi connectivity index (χ1) is 7.24. The highest BCUT2D eigenvalue weighted by molar-refractivity contribution is 7.05. The van der Waals surface area contributed by atoms with Gasteiger partial charge in [-0.1, -0.05) is 16.1 Å². The maximum Gasteiger partial charge on any atom is 0.225 e. The molecule has 0 unspecified atom stereocenters. The van der Waals surface area contributed by atoms with Crippen LogP contribution in [0.1, 0.15) is 4.88 Å².